The Kier molecular flexibility index (Phi) is 11.9. The van der Waals surface area contributed by atoms with Crippen molar-refractivity contribution < 1.29 is 14.3 Å². The third-order valence-corrected chi connectivity index (χ3v) is 4.66. The second-order valence-corrected chi connectivity index (χ2v) is 7.01. The van der Waals surface area contributed by atoms with E-state index in [0.717, 1.165) is 62.3 Å². The fraction of sp³-hybridized carbons (Fsp3) is 0.619. The summed E-state index contributed by atoms with van der Waals surface area (Å²) in [5.74, 6) is 0.969. The topological polar surface area (TPSA) is 68.6 Å². The van der Waals surface area contributed by atoms with E-state index in [2.05, 4.69) is 34.9 Å². The minimum absolute atomic E-state index is 0.197. The molecule has 1 amide bonds. The number of nitrogens with one attached hydrogen (secondary N) is 1. The predicted molar refractivity (Wildman–Crippen MR) is 113 cm³/mol. The largest absolute Gasteiger partial charge is 0.501 e. The quantitative estimate of drug-likeness (QED) is 0.266. The minimum Gasteiger partial charge on any atom is -0.501 e. The highest BCUT2D eigenvalue weighted by atomic mass is 16.5. The third-order valence-electron chi connectivity index (χ3n) is 4.66. The average Bonchev–Trinajstić information content (AvgIpc) is 3.13. The molecule has 7 heteroatoms. The average molecular weight is 393 g/mol. The summed E-state index contributed by atoms with van der Waals surface area (Å²) in [6.45, 7) is 12.2. The van der Waals surface area contributed by atoms with E-state index >= 15 is 0 Å². The summed E-state index contributed by atoms with van der Waals surface area (Å²) in [4.78, 5) is 12.7. The molecule has 0 saturated carbocycles. The van der Waals surface area contributed by atoms with Crippen molar-refractivity contribution in [2.45, 2.75) is 33.1 Å². The van der Waals surface area contributed by atoms with Gasteiger partial charge in [0.25, 0.3) is 0 Å². The Morgan fingerprint density at radius 1 is 1.39 bits per heavy atom. The molecule has 28 heavy (non-hydrogen) atoms. The summed E-state index contributed by atoms with van der Waals surface area (Å²) in [5, 5.41) is 7.19. The lowest BCUT2D eigenvalue weighted by molar-refractivity contribution is -0.109. The molecule has 7 nitrogen and oxygen atoms in total. The molecule has 0 aliphatic carbocycles. The van der Waals surface area contributed by atoms with E-state index in [4.69, 9.17) is 9.47 Å². The first kappa shape index (κ1) is 23.9. The summed E-state index contributed by atoms with van der Waals surface area (Å²) in [5.41, 5.74) is 2.26. The van der Waals surface area contributed by atoms with Gasteiger partial charge in [-0.15, -0.1) is 0 Å². The van der Waals surface area contributed by atoms with Crippen LogP contribution >= 0.6 is 0 Å². The number of carbonyl (C=O) groups excluding carboxylic acids is 1. The van der Waals surface area contributed by atoms with E-state index in [1.54, 1.807) is 14.2 Å². The number of aryl methyl sites for hydroxylation is 1. The van der Waals surface area contributed by atoms with Gasteiger partial charge in [-0.25, -0.2) is 4.68 Å². The molecule has 0 aliphatic rings. The zero-order valence-electron chi connectivity index (χ0n) is 17.8. The van der Waals surface area contributed by atoms with E-state index in [9.17, 15) is 4.79 Å². The third kappa shape index (κ3) is 9.19. The number of aromatic nitrogens is 2. The first-order valence-corrected chi connectivity index (χ1v) is 9.83. The maximum absolute atomic E-state index is 10.3. The highest BCUT2D eigenvalue weighted by Gasteiger charge is 2.13. The molecule has 1 N–H and O–H groups in total. The van der Waals surface area contributed by atoms with Crippen molar-refractivity contribution in [2.24, 2.45) is 5.92 Å². The number of unbranched alkanes of at least 4 members (excludes halogenated alkanes) is 1. The van der Waals surface area contributed by atoms with E-state index in [-0.39, 0.29) is 5.92 Å². The standard InChI is InChI=1S/C21H36N4O3/c1-18-15-23-25(16-18)21(14-19(2)20(3)28-5)8-11-24(12-13-27-4)10-7-6-9-22-17-26/h8,15-17,19H,3,6-7,9-14H2,1-2,4-5H3,(H,22,26)/b21-8-. The van der Waals surface area contributed by atoms with Gasteiger partial charge in [-0.1, -0.05) is 13.5 Å². The van der Waals surface area contributed by atoms with Crippen molar-refractivity contribution in [3.05, 3.63) is 36.4 Å². The second-order valence-electron chi connectivity index (χ2n) is 7.01. The van der Waals surface area contributed by atoms with Gasteiger partial charge in [-0.2, -0.15) is 5.10 Å². The van der Waals surface area contributed by atoms with Gasteiger partial charge in [0.15, 0.2) is 0 Å². The van der Waals surface area contributed by atoms with E-state index in [1.807, 2.05) is 24.0 Å². The van der Waals surface area contributed by atoms with Gasteiger partial charge in [0.05, 0.1) is 25.7 Å². The monoisotopic (exact) mass is 392 g/mol. The first-order valence-electron chi connectivity index (χ1n) is 9.83. The molecule has 0 radical (unpaired) electrons. The molecular formula is C21H36N4O3. The van der Waals surface area contributed by atoms with Gasteiger partial charge in [0.1, 0.15) is 0 Å². The predicted octanol–water partition coefficient (Wildman–Crippen LogP) is 2.69. The molecule has 0 fully saturated rings. The number of amides is 1. The molecule has 1 rings (SSSR count). The zero-order valence-corrected chi connectivity index (χ0v) is 17.8. The van der Waals surface area contributed by atoms with Crippen LogP contribution in [0, 0.1) is 12.8 Å². The Hall–Kier alpha value is -2.12. The van der Waals surface area contributed by atoms with E-state index in [1.165, 1.54) is 0 Å². The van der Waals surface area contributed by atoms with Crippen LogP contribution in [-0.4, -0.2) is 68.1 Å². The number of nitrogens with zero attached hydrogens (tertiary/aromatic N) is 3. The Morgan fingerprint density at radius 2 is 2.18 bits per heavy atom. The Labute approximate surface area is 169 Å². The van der Waals surface area contributed by atoms with Gasteiger partial charge < -0.3 is 14.8 Å². The number of hydrogen-bond donors (Lipinski definition) is 1. The van der Waals surface area contributed by atoms with Gasteiger partial charge in [0, 0.05) is 44.6 Å². The van der Waals surface area contributed by atoms with E-state index in [0.29, 0.717) is 13.2 Å². The lowest BCUT2D eigenvalue weighted by atomic mass is 10.0. The fourth-order valence-electron chi connectivity index (χ4n) is 2.84. The number of hydrogen-bond acceptors (Lipinski definition) is 5. The van der Waals surface area contributed by atoms with Crippen LogP contribution in [0.25, 0.3) is 5.70 Å². The molecule has 1 aromatic heterocycles. The van der Waals surface area contributed by atoms with Crippen molar-refractivity contribution in [3.8, 4) is 0 Å². The number of rotatable bonds is 16. The normalized spacial score (nSPS) is 12.8. The summed E-state index contributed by atoms with van der Waals surface area (Å²) in [6, 6.07) is 0. The van der Waals surface area contributed by atoms with Gasteiger partial charge in [-0.05, 0) is 44.4 Å². The number of allylic oxidation sites excluding steroid dienone is 2. The number of ether oxygens (including phenoxy) is 2. The highest BCUT2D eigenvalue weighted by Crippen LogP contribution is 2.22. The molecule has 1 aromatic rings. The van der Waals surface area contributed by atoms with Crippen molar-refractivity contribution in [2.75, 3.05) is 47.0 Å². The summed E-state index contributed by atoms with van der Waals surface area (Å²) < 4.78 is 12.5. The first-order chi connectivity index (χ1) is 13.5. The van der Waals surface area contributed by atoms with Crippen LogP contribution in [0.5, 0.6) is 0 Å². The van der Waals surface area contributed by atoms with Crippen LogP contribution < -0.4 is 5.32 Å². The van der Waals surface area contributed by atoms with Crippen LogP contribution in [-0.2, 0) is 14.3 Å². The molecule has 1 atom stereocenters. The molecule has 1 unspecified atom stereocenters. The summed E-state index contributed by atoms with van der Waals surface area (Å²) >= 11 is 0. The molecular weight excluding hydrogens is 356 g/mol. The van der Waals surface area contributed by atoms with Crippen LogP contribution in [0.3, 0.4) is 0 Å². The Bertz CT molecular complexity index is 613. The molecule has 0 saturated heterocycles. The molecule has 1 heterocycles. The van der Waals surface area contributed by atoms with Crippen LogP contribution in [0.1, 0.15) is 31.7 Å². The molecule has 158 valence electrons. The highest BCUT2D eigenvalue weighted by molar-refractivity contribution is 5.46. The van der Waals surface area contributed by atoms with Crippen LogP contribution in [0.4, 0.5) is 0 Å². The lowest BCUT2D eigenvalue weighted by Crippen LogP contribution is -2.29. The van der Waals surface area contributed by atoms with Crippen molar-refractivity contribution >= 4 is 12.1 Å². The Morgan fingerprint density at radius 3 is 2.79 bits per heavy atom. The summed E-state index contributed by atoms with van der Waals surface area (Å²) in [7, 11) is 3.38. The van der Waals surface area contributed by atoms with Crippen LogP contribution in [0.2, 0.25) is 0 Å². The molecule has 0 bridgehead atoms. The number of carbonyl (C=O) groups is 1. The van der Waals surface area contributed by atoms with Crippen molar-refractivity contribution in [1.29, 1.82) is 0 Å². The minimum atomic E-state index is 0.197. The van der Waals surface area contributed by atoms with E-state index < -0.39 is 0 Å². The zero-order chi connectivity index (χ0) is 20.8. The van der Waals surface area contributed by atoms with Gasteiger partial charge >= 0.3 is 0 Å². The molecule has 0 aliphatic heterocycles. The summed E-state index contributed by atoms with van der Waals surface area (Å²) in [6.07, 6.45) is 9.66. The maximum Gasteiger partial charge on any atom is 0.207 e. The molecule has 0 aromatic carbocycles. The van der Waals surface area contributed by atoms with Gasteiger partial charge in [-0.3, -0.25) is 9.69 Å². The van der Waals surface area contributed by atoms with Crippen molar-refractivity contribution in [3.63, 3.8) is 0 Å². The van der Waals surface area contributed by atoms with Gasteiger partial charge in [0.2, 0.25) is 6.41 Å². The maximum atomic E-state index is 10.3. The van der Waals surface area contributed by atoms with Crippen LogP contribution in [0.15, 0.2) is 30.8 Å². The fourth-order valence-corrected chi connectivity index (χ4v) is 2.84. The molecule has 0 spiro atoms. The second kappa shape index (κ2) is 14.0. The van der Waals surface area contributed by atoms with Crippen molar-refractivity contribution in [1.82, 2.24) is 20.0 Å². The smallest absolute Gasteiger partial charge is 0.207 e. The Balaban J connectivity index is 2.79. The lowest BCUT2D eigenvalue weighted by Gasteiger charge is -2.22. The SMILES string of the molecule is C=C(OC)C(C)C/C(=C/CN(CCCCNC=O)CCOC)n1cc(C)cn1. The number of methoxy groups -OCH3 is 2.